The van der Waals surface area contributed by atoms with Crippen LogP contribution in [0.15, 0.2) is 42.5 Å². The molecule has 0 aromatic heterocycles. The topological polar surface area (TPSA) is 61.4 Å². The first-order valence-corrected chi connectivity index (χ1v) is 9.11. The van der Waals surface area contributed by atoms with Crippen LogP contribution in [0, 0.1) is 6.92 Å². The van der Waals surface area contributed by atoms with E-state index in [1.165, 1.54) is 0 Å². The predicted molar refractivity (Wildman–Crippen MR) is 106 cm³/mol. The number of amides is 2. The van der Waals surface area contributed by atoms with Crippen LogP contribution in [0.25, 0.3) is 0 Å². The van der Waals surface area contributed by atoms with Crippen LogP contribution in [0.4, 0.5) is 17.1 Å². The summed E-state index contributed by atoms with van der Waals surface area (Å²) in [7, 11) is 0. The zero-order chi connectivity index (χ0) is 18.5. The van der Waals surface area contributed by atoms with Crippen molar-refractivity contribution in [1.82, 2.24) is 0 Å². The molecule has 1 saturated heterocycles. The van der Waals surface area contributed by atoms with Crippen molar-refractivity contribution in [2.45, 2.75) is 33.1 Å². The summed E-state index contributed by atoms with van der Waals surface area (Å²) >= 11 is 0. The summed E-state index contributed by atoms with van der Waals surface area (Å²) in [5.41, 5.74) is 4.72. The average Bonchev–Trinajstić information content (AvgIpc) is 3.07. The molecular weight excluding hydrogens is 326 g/mol. The highest BCUT2D eigenvalue weighted by Gasteiger charge is 2.23. The third-order valence-corrected chi connectivity index (χ3v) is 4.71. The van der Waals surface area contributed by atoms with Gasteiger partial charge in [-0.25, -0.2) is 0 Å². The number of rotatable bonds is 6. The molecule has 1 heterocycles. The third-order valence-electron chi connectivity index (χ3n) is 4.71. The minimum Gasteiger partial charge on any atom is -0.374 e. The van der Waals surface area contributed by atoms with Crippen LogP contribution in [0.1, 0.15) is 30.9 Å². The molecule has 5 nitrogen and oxygen atoms in total. The summed E-state index contributed by atoms with van der Waals surface area (Å²) in [4.78, 5) is 26.3. The number of anilines is 3. The van der Waals surface area contributed by atoms with Crippen LogP contribution in [0.2, 0.25) is 0 Å². The molecule has 0 spiro atoms. The molecule has 2 N–H and O–H groups in total. The quantitative estimate of drug-likeness (QED) is 0.833. The SMILES string of the molecule is CCc1cccc(C)c1NC(=O)CNc1ccccc1N1CCCC1=O. The molecule has 0 aliphatic carbocycles. The molecule has 3 rings (SSSR count). The lowest BCUT2D eigenvalue weighted by Crippen LogP contribution is -2.27. The van der Waals surface area contributed by atoms with Gasteiger partial charge in [0.05, 0.1) is 17.9 Å². The fourth-order valence-corrected chi connectivity index (χ4v) is 3.32. The van der Waals surface area contributed by atoms with E-state index in [0.29, 0.717) is 6.42 Å². The molecule has 2 aromatic carbocycles. The van der Waals surface area contributed by atoms with E-state index < -0.39 is 0 Å². The Bertz CT molecular complexity index is 817. The van der Waals surface area contributed by atoms with Gasteiger partial charge >= 0.3 is 0 Å². The monoisotopic (exact) mass is 351 g/mol. The van der Waals surface area contributed by atoms with Crippen LogP contribution in [-0.2, 0) is 16.0 Å². The lowest BCUT2D eigenvalue weighted by Gasteiger charge is -2.20. The lowest BCUT2D eigenvalue weighted by molar-refractivity contribution is -0.117. The lowest BCUT2D eigenvalue weighted by atomic mass is 10.1. The third kappa shape index (κ3) is 3.87. The number of hydrogen-bond donors (Lipinski definition) is 2. The Kier molecular flexibility index (Phi) is 5.56. The first kappa shape index (κ1) is 18.0. The van der Waals surface area contributed by atoms with Gasteiger partial charge < -0.3 is 15.5 Å². The first-order valence-electron chi connectivity index (χ1n) is 9.11. The molecule has 2 amide bonds. The van der Waals surface area contributed by atoms with Gasteiger partial charge in [-0.3, -0.25) is 9.59 Å². The fourth-order valence-electron chi connectivity index (χ4n) is 3.32. The summed E-state index contributed by atoms with van der Waals surface area (Å²) < 4.78 is 0. The maximum Gasteiger partial charge on any atom is 0.243 e. The molecule has 0 bridgehead atoms. The van der Waals surface area contributed by atoms with Crippen molar-refractivity contribution in [2.75, 3.05) is 28.6 Å². The molecule has 0 atom stereocenters. The maximum atomic E-state index is 12.4. The average molecular weight is 351 g/mol. The van der Waals surface area contributed by atoms with E-state index in [1.54, 1.807) is 4.90 Å². The molecule has 2 aromatic rings. The van der Waals surface area contributed by atoms with Gasteiger partial charge in [0.1, 0.15) is 0 Å². The van der Waals surface area contributed by atoms with Crippen molar-refractivity contribution in [3.05, 3.63) is 53.6 Å². The van der Waals surface area contributed by atoms with E-state index in [9.17, 15) is 9.59 Å². The molecule has 1 aliphatic heterocycles. The molecule has 0 unspecified atom stereocenters. The maximum absolute atomic E-state index is 12.4. The number of nitrogens with zero attached hydrogens (tertiary/aromatic N) is 1. The van der Waals surface area contributed by atoms with E-state index in [4.69, 9.17) is 0 Å². The van der Waals surface area contributed by atoms with Gasteiger partial charge in [0.25, 0.3) is 0 Å². The van der Waals surface area contributed by atoms with E-state index in [2.05, 4.69) is 17.6 Å². The molecule has 26 heavy (non-hydrogen) atoms. The Balaban J connectivity index is 1.68. The molecular formula is C21H25N3O2. The van der Waals surface area contributed by atoms with Crippen molar-refractivity contribution < 1.29 is 9.59 Å². The zero-order valence-electron chi connectivity index (χ0n) is 15.3. The Morgan fingerprint density at radius 2 is 1.96 bits per heavy atom. The molecule has 0 radical (unpaired) electrons. The van der Waals surface area contributed by atoms with Gasteiger partial charge in [-0.2, -0.15) is 0 Å². The van der Waals surface area contributed by atoms with Gasteiger partial charge in [-0.1, -0.05) is 37.3 Å². The second kappa shape index (κ2) is 8.04. The van der Waals surface area contributed by atoms with Crippen LogP contribution >= 0.6 is 0 Å². The van der Waals surface area contributed by atoms with Crippen molar-refractivity contribution in [2.24, 2.45) is 0 Å². The molecule has 136 valence electrons. The minimum absolute atomic E-state index is 0.100. The second-order valence-corrected chi connectivity index (χ2v) is 6.53. The number of aryl methyl sites for hydroxylation is 2. The van der Waals surface area contributed by atoms with Crippen LogP contribution < -0.4 is 15.5 Å². The zero-order valence-corrected chi connectivity index (χ0v) is 15.3. The van der Waals surface area contributed by atoms with Crippen molar-refractivity contribution in [3.63, 3.8) is 0 Å². The Morgan fingerprint density at radius 1 is 1.15 bits per heavy atom. The highest BCUT2D eigenvalue weighted by molar-refractivity contribution is 5.99. The highest BCUT2D eigenvalue weighted by Crippen LogP contribution is 2.29. The number of para-hydroxylation sites is 3. The molecule has 5 heteroatoms. The van der Waals surface area contributed by atoms with Crippen LogP contribution in [-0.4, -0.2) is 24.9 Å². The predicted octanol–water partition coefficient (Wildman–Crippen LogP) is 3.73. The Hall–Kier alpha value is -2.82. The summed E-state index contributed by atoms with van der Waals surface area (Å²) in [6.45, 7) is 4.95. The largest absolute Gasteiger partial charge is 0.374 e. The number of carbonyl (C=O) groups is 2. The normalized spacial score (nSPS) is 13.8. The Morgan fingerprint density at radius 3 is 2.69 bits per heavy atom. The number of carbonyl (C=O) groups excluding carboxylic acids is 2. The number of nitrogens with one attached hydrogen (secondary N) is 2. The summed E-state index contributed by atoms with van der Waals surface area (Å²) in [6, 6.07) is 13.7. The smallest absolute Gasteiger partial charge is 0.243 e. The highest BCUT2D eigenvalue weighted by atomic mass is 16.2. The van der Waals surface area contributed by atoms with Crippen LogP contribution in [0.3, 0.4) is 0 Å². The first-order chi connectivity index (χ1) is 12.6. The summed E-state index contributed by atoms with van der Waals surface area (Å²) in [5, 5.41) is 6.20. The Labute approximate surface area is 154 Å². The number of benzene rings is 2. The van der Waals surface area contributed by atoms with Crippen molar-refractivity contribution in [1.29, 1.82) is 0 Å². The van der Waals surface area contributed by atoms with Gasteiger partial charge in [-0.05, 0) is 43.0 Å². The summed E-state index contributed by atoms with van der Waals surface area (Å²) in [5.74, 6) is 0.0350. The molecule has 0 saturated carbocycles. The van der Waals surface area contributed by atoms with E-state index in [1.807, 2.05) is 49.4 Å². The van der Waals surface area contributed by atoms with E-state index >= 15 is 0 Å². The van der Waals surface area contributed by atoms with Gasteiger partial charge in [0, 0.05) is 18.7 Å². The minimum atomic E-state index is -0.100. The van der Waals surface area contributed by atoms with Crippen molar-refractivity contribution >= 4 is 28.9 Å². The van der Waals surface area contributed by atoms with Crippen LogP contribution in [0.5, 0.6) is 0 Å². The fraction of sp³-hybridized carbons (Fsp3) is 0.333. The van der Waals surface area contributed by atoms with Gasteiger partial charge in [0.2, 0.25) is 11.8 Å². The second-order valence-electron chi connectivity index (χ2n) is 6.53. The van der Waals surface area contributed by atoms with E-state index in [-0.39, 0.29) is 18.4 Å². The van der Waals surface area contributed by atoms with Crippen molar-refractivity contribution in [3.8, 4) is 0 Å². The summed E-state index contributed by atoms with van der Waals surface area (Å²) in [6.07, 6.45) is 2.33. The van der Waals surface area contributed by atoms with E-state index in [0.717, 1.165) is 47.6 Å². The number of hydrogen-bond acceptors (Lipinski definition) is 3. The molecule has 1 aliphatic rings. The molecule has 1 fully saturated rings. The van der Waals surface area contributed by atoms with Gasteiger partial charge in [-0.15, -0.1) is 0 Å². The standard InChI is InChI=1S/C21H25N3O2/c1-3-16-9-6-8-15(2)21(16)23-19(25)14-22-17-10-4-5-11-18(17)24-13-7-12-20(24)26/h4-6,8-11,22H,3,7,12-14H2,1-2H3,(H,23,25). The van der Waals surface area contributed by atoms with Gasteiger partial charge in [0.15, 0.2) is 0 Å².